The van der Waals surface area contributed by atoms with E-state index >= 15 is 0 Å². The summed E-state index contributed by atoms with van der Waals surface area (Å²) in [7, 11) is -4.78. The summed E-state index contributed by atoms with van der Waals surface area (Å²) >= 11 is 0. The van der Waals surface area contributed by atoms with Crippen molar-refractivity contribution in [3.63, 3.8) is 0 Å². The average Bonchev–Trinajstić information content (AvgIpc) is 3.08. The second kappa shape index (κ2) is 34.1. The monoisotopic (exact) mass is 726 g/mol. The van der Waals surface area contributed by atoms with Crippen molar-refractivity contribution in [2.24, 2.45) is 5.92 Å². The van der Waals surface area contributed by atoms with Gasteiger partial charge >= 0.3 is 19.8 Å². The highest BCUT2D eigenvalue weighted by atomic mass is 31.2. The summed E-state index contributed by atoms with van der Waals surface area (Å²) in [5.74, 6) is -0.152. The van der Waals surface area contributed by atoms with Gasteiger partial charge in [-0.05, 0) is 50.9 Å². The summed E-state index contributed by atoms with van der Waals surface area (Å²) in [6.07, 6.45) is 35.8. The summed E-state index contributed by atoms with van der Waals surface area (Å²) in [4.78, 5) is 42.7. The summed E-state index contributed by atoms with van der Waals surface area (Å²) in [6, 6.07) is 0. The highest BCUT2D eigenvalue weighted by Gasteiger charge is 2.22. The maximum absolute atomic E-state index is 12.4. The first-order valence-corrected chi connectivity index (χ1v) is 21.0. The van der Waals surface area contributed by atoms with E-state index in [1.165, 1.54) is 70.6 Å². The van der Waals surface area contributed by atoms with Crippen LogP contribution in [0.5, 0.6) is 0 Å². The van der Waals surface area contributed by atoms with Gasteiger partial charge in [-0.1, -0.05) is 153 Å². The first-order chi connectivity index (χ1) is 24.1. The highest BCUT2D eigenvalue weighted by Crippen LogP contribution is 2.36. The topological polar surface area (TPSA) is 140 Å². The number of carbonyl (C=O) groups excluding carboxylic acids is 2. The molecule has 0 aromatic rings. The van der Waals surface area contributed by atoms with E-state index in [4.69, 9.17) is 19.3 Å². The molecule has 50 heavy (non-hydrogen) atoms. The highest BCUT2D eigenvalue weighted by molar-refractivity contribution is 7.46. The van der Waals surface area contributed by atoms with Crippen molar-refractivity contribution in [2.45, 2.75) is 174 Å². The number of hydrogen-bond donors (Lipinski definition) is 3. The lowest BCUT2D eigenvalue weighted by Gasteiger charge is -2.18. The number of unbranched alkanes of at least 4 members (excludes halogenated alkanes) is 13. The molecule has 0 spiro atoms. The average molecular weight is 727 g/mol. The molecule has 0 aromatic carbocycles. The maximum atomic E-state index is 12.4. The Kier molecular flexibility index (Phi) is 32.7. The van der Waals surface area contributed by atoms with E-state index in [0.29, 0.717) is 25.7 Å². The summed E-state index contributed by atoms with van der Waals surface area (Å²) < 4.78 is 26.2. The molecule has 0 saturated carbocycles. The predicted molar refractivity (Wildman–Crippen MR) is 203 cm³/mol. The Morgan fingerprint density at radius 2 is 1.32 bits per heavy atom. The van der Waals surface area contributed by atoms with Gasteiger partial charge in [0.25, 0.3) is 0 Å². The Bertz CT molecular complexity index is 985. The molecular weight excluding hydrogens is 655 g/mol. The van der Waals surface area contributed by atoms with Gasteiger partial charge in [0.2, 0.25) is 0 Å². The zero-order chi connectivity index (χ0) is 37.1. The Morgan fingerprint density at radius 3 is 1.98 bits per heavy atom. The second-order valence-corrected chi connectivity index (χ2v) is 14.6. The predicted octanol–water partition coefficient (Wildman–Crippen LogP) is 10.4. The zero-order valence-corrected chi connectivity index (χ0v) is 32.5. The van der Waals surface area contributed by atoms with E-state index in [-0.39, 0.29) is 19.4 Å². The molecule has 3 atom stereocenters. The minimum absolute atomic E-state index is 0.159. The first-order valence-electron chi connectivity index (χ1n) is 19.4. The third-order valence-electron chi connectivity index (χ3n) is 8.47. The fourth-order valence-electron chi connectivity index (χ4n) is 5.13. The molecule has 0 bridgehead atoms. The molecule has 0 heterocycles. The van der Waals surface area contributed by atoms with Crippen LogP contribution in [0, 0.1) is 5.92 Å². The van der Waals surface area contributed by atoms with Crippen molar-refractivity contribution in [1.29, 1.82) is 0 Å². The van der Waals surface area contributed by atoms with Crippen molar-refractivity contribution >= 4 is 19.8 Å². The lowest BCUT2D eigenvalue weighted by atomic mass is 9.99. The van der Waals surface area contributed by atoms with Crippen LogP contribution in [0.3, 0.4) is 0 Å². The molecular formula is C40H71O9P. The zero-order valence-electron chi connectivity index (χ0n) is 31.6. The summed E-state index contributed by atoms with van der Waals surface area (Å²) in [5, 5.41) is 9.98. The van der Waals surface area contributed by atoms with Crippen LogP contribution in [-0.2, 0) is 28.2 Å². The Balaban J connectivity index is 4.14. The minimum atomic E-state index is -4.78. The van der Waals surface area contributed by atoms with E-state index in [1.807, 2.05) is 36.5 Å². The molecule has 1 unspecified atom stereocenters. The molecule has 3 N–H and O–H groups in total. The number of phosphoric ester groups is 1. The van der Waals surface area contributed by atoms with Crippen LogP contribution in [0.1, 0.15) is 162 Å². The number of rotatable bonds is 34. The van der Waals surface area contributed by atoms with Crippen LogP contribution in [-0.4, -0.2) is 52.3 Å². The van der Waals surface area contributed by atoms with Gasteiger partial charge in [-0.25, -0.2) is 4.57 Å². The third kappa shape index (κ3) is 35.8. The van der Waals surface area contributed by atoms with Gasteiger partial charge < -0.3 is 24.4 Å². The third-order valence-corrected chi connectivity index (χ3v) is 8.96. The smallest absolute Gasteiger partial charge is 0.462 e. The molecule has 10 heteroatoms. The normalized spacial score (nSPS) is 14.3. The van der Waals surface area contributed by atoms with Crippen LogP contribution in [0.25, 0.3) is 0 Å². The largest absolute Gasteiger partial charge is 0.469 e. The van der Waals surface area contributed by atoms with Gasteiger partial charge in [-0.2, -0.15) is 0 Å². The Hall–Kier alpha value is -2.03. The quantitative estimate of drug-likeness (QED) is 0.0194. The fourth-order valence-corrected chi connectivity index (χ4v) is 5.49. The van der Waals surface area contributed by atoms with Gasteiger partial charge in [0.15, 0.2) is 6.10 Å². The fraction of sp³-hybridized carbons (Fsp3) is 0.750. The number of aliphatic hydroxyl groups excluding tert-OH is 1. The van der Waals surface area contributed by atoms with E-state index in [9.17, 15) is 19.3 Å². The molecule has 9 nitrogen and oxygen atoms in total. The molecule has 0 aliphatic carbocycles. The van der Waals surface area contributed by atoms with Crippen LogP contribution in [0.4, 0.5) is 0 Å². The first kappa shape index (κ1) is 48.0. The molecule has 290 valence electrons. The van der Waals surface area contributed by atoms with E-state index in [0.717, 1.165) is 38.0 Å². The van der Waals surface area contributed by atoms with Gasteiger partial charge in [0.1, 0.15) is 6.61 Å². The lowest BCUT2D eigenvalue weighted by molar-refractivity contribution is -0.161. The van der Waals surface area contributed by atoms with Crippen molar-refractivity contribution < 1.29 is 43.0 Å². The van der Waals surface area contributed by atoms with Gasteiger partial charge in [0, 0.05) is 12.8 Å². The second-order valence-electron chi connectivity index (χ2n) is 13.4. The number of aliphatic hydroxyl groups is 1. The summed E-state index contributed by atoms with van der Waals surface area (Å²) in [5.41, 5.74) is 0. The Morgan fingerprint density at radius 1 is 0.700 bits per heavy atom. The number of carbonyl (C=O) groups is 2. The molecule has 0 aromatic heterocycles. The van der Waals surface area contributed by atoms with E-state index < -0.39 is 38.6 Å². The molecule has 0 rings (SSSR count). The van der Waals surface area contributed by atoms with E-state index in [1.54, 1.807) is 6.08 Å². The SMILES string of the molecule is CCCCC/C=C\C[C@@H](O)/C=C/C=C\C/C=C\CCCC(=O)OC[C@H](COP(=O)(O)O)OC(=O)CCCCCCCCCCCCC(C)CC. The lowest BCUT2D eigenvalue weighted by Crippen LogP contribution is -2.29. The number of hydrogen-bond acceptors (Lipinski definition) is 7. The van der Waals surface area contributed by atoms with Crippen molar-refractivity contribution in [3.8, 4) is 0 Å². The molecule has 0 amide bonds. The number of phosphoric acid groups is 1. The maximum Gasteiger partial charge on any atom is 0.469 e. The molecule has 0 radical (unpaired) electrons. The van der Waals surface area contributed by atoms with Gasteiger partial charge in [0.05, 0.1) is 12.7 Å². The number of esters is 2. The van der Waals surface area contributed by atoms with Crippen LogP contribution in [0.15, 0.2) is 48.6 Å². The standard InChI is InChI=1S/C40H71O9P/c1-4-6-7-8-20-25-30-37(41)31-26-21-16-13-14-17-22-27-32-39(42)47-34-38(35-48-50(44,45)46)49-40(43)33-28-23-18-12-10-9-11-15-19-24-29-36(3)5-2/h14,16-17,20-21,25-26,31,36-38,41H,4-13,15,18-19,22-24,27-30,32-35H2,1-3H3,(H2,44,45,46)/b17-14-,21-16-,25-20-,31-26+/t36?,37-,38-/m1/s1. The minimum Gasteiger partial charge on any atom is -0.462 e. The van der Waals surface area contributed by atoms with E-state index in [2.05, 4.69) is 31.4 Å². The molecule has 0 saturated heterocycles. The van der Waals surface area contributed by atoms with Crippen molar-refractivity contribution in [3.05, 3.63) is 48.6 Å². The molecule has 0 aliphatic heterocycles. The van der Waals surface area contributed by atoms with Crippen molar-refractivity contribution in [2.75, 3.05) is 13.2 Å². The summed E-state index contributed by atoms with van der Waals surface area (Å²) in [6.45, 7) is 5.86. The van der Waals surface area contributed by atoms with Gasteiger partial charge in [-0.15, -0.1) is 0 Å². The van der Waals surface area contributed by atoms with Crippen molar-refractivity contribution in [1.82, 2.24) is 0 Å². The number of allylic oxidation sites excluding steroid dienone is 6. The van der Waals surface area contributed by atoms with Crippen LogP contribution >= 0.6 is 7.82 Å². The van der Waals surface area contributed by atoms with Crippen LogP contribution < -0.4 is 0 Å². The number of ether oxygens (including phenoxy) is 2. The molecule has 0 aliphatic rings. The van der Waals surface area contributed by atoms with Gasteiger partial charge in [-0.3, -0.25) is 14.1 Å². The Labute approximate surface area is 304 Å². The molecule has 0 fully saturated rings. The van der Waals surface area contributed by atoms with Crippen LogP contribution in [0.2, 0.25) is 0 Å².